The van der Waals surface area contributed by atoms with E-state index in [4.69, 9.17) is 19.2 Å². The smallest absolute Gasteiger partial charge is 0.327 e. The highest BCUT2D eigenvalue weighted by Crippen LogP contribution is 2.34. The van der Waals surface area contributed by atoms with Crippen LogP contribution in [0.2, 0.25) is 0 Å². The van der Waals surface area contributed by atoms with E-state index in [9.17, 15) is 9.90 Å². The molecule has 2 aliphatic heterocycles. The second-order valence-corrected chi connectivity index (χ2v) is 9.72. The molecule has 3 heterocycles. The van der Waals surface area contributed by atoms with E-state index >= 15 is 0 Å². The van der Waals surface area contributed by atoms with Crippen molar-refractivity contribution in [2.24, 2.45) is 4.99 Å². The Morgan fingerprint density at radius 1 is 1.13 bits per heavy atom. The lowest BCUT2D eigenvalue weighted by atomic mass is 10.1. The first kappa shape index (κ1) is 25.7. The summed E-state index contributed by atoms with van der Waals surface area (Å²) in [6.45, 7) is 6.27. The van der Waals surface area contributed by atoms with Gasteiger partial charge in [0, 0.05) is 19.4 Å². The van der Waals surface area contributed by atoms with Gasteiger partial charge in [-0.3, -0.25) is 15.1 Å². The Balaban J connectivity index is 1.43. The number of urea groups is 1. The summed E-state index contributed by atoms with van der Waals surface area (Å²) in [5.74, 6) is 1.45. The van der Waals surface area contributed by atoms with Crippen molar-refractivity contribution < 1.29 is 24.1 Å². The molecule has 2 amide bonds. The van der Waals surface area contributed by atoms with Crippen LogP contribution in [0.4, 0.5) is 10.5 Å². The van der Waals surface area contributed by atoms with E-state index in [0.29, 0.717) is 29.8 Å². The Bertz CT molecular complexity index is 1310. The number of aryl methyl sites for hydroxylation is 2. The van der Waals surface area contributed by atoms with Crippen LogP contribution in [0.5, 0.6) is 11.6 Å². The Hall–Kier alpha value is -3.99. The van der Waals surface area contributed by atoms with Crippen LogP contribution in [0, 0.1) is 13.8 Å². The molecule has 2 N–H and O–H groups in total. The summed E-state index contributed by atoms with van der Waals surface area (Å²) < 4.78 is 17.2. The van der Waals surface area contributed by atoms with Gasteiger partial charge in [0.2, 0.25) is 18.2 Å². The van der Waals surface area contributed by atoms with Gasteiger partial charge < -0.3 is 19.3 Å². The van der Waals surface area contributed by atoms with E-state index in [1.165, 1.54) is 12.0 Å². The number of pyridine rings is 1. The largest absolute Gasteiger partial charge is 0.439 e. The van der Waals surface area contributed by atoms with Crippen molar-refractivity contribution in [1.82, 2.24) is 20.1 Å². The molecule has 10 heteroatoms. The Morgan fingerprint density at radius 3 is 2.50 bits per heavy atom. The first-order valence-corrected chi connectivity index (χ1v) is 12.3. The molecule has 0 saturated carbocycles. The van der Waals surface area contributed by atoms with E-state index in [1.54, 1.807) is 37.4 Å². The van der Waals surface area contributed by atoms with E-state index < -0.39 is 18.2 Å². The molecule has 0 radical (unpaired) electrons. The molecule has 2 aliphatic rings. The van der Waals surface area contributed by atoms with Gasteiger partial charge in [-0.1, -0.05) is 35.9 Å². The van der Waals surface area contributed by atoms with Crippen LogP contribution < -0.4 is 10.1 Å². The molecule has 5 rings (SSSR count). The molecule has 0 bridgehead atoms. The summed E-state index contributed by atoms with van der Waals surface area (Å²) in [6.07, 6.45) is -0.249. The molecule has 198 valence electrons. The van der Waals surface area contributed by atoms with Crippen molar-refractivity contribution in [3.8, 4) is 11.6 Å². The average molecular weight is 518 g/mol. The van der Waals surface area contributed by atoms with E-state index in [-0.39, 0.29) is 12.6 Å². The van der Waals surface area contributed by atoms with Crippen molar-refractivity contribution in [3.05, 3.63) is 83.6 Å². The van der Waals surface area contributed by atoms with Crippen molar-refractivity contribution in [1.29, 1.82) is 0 Å². The highest BCUT2D eigenvalue weighted by Gasteiger charge is 2.53. The van der Waals surface area contributed by atoms with Crippen LogP contribution in [-0.4, -0.2) is 63.8 Å². The molecular formula is C28H31N5O5. The van der Waals surface area contributed by atoms with E-state index in [1.807, 2.05) is 55.1 Å². The fourth-order valence-electron chi connectivity index (χ4n) is 4.37. The maximum Gasteiger partial charge on any atom is 0.327 e. The number of amides is 2. The summed E-state index contributed by atoms with van der Waals surface area (Å²) in [7, 11) is 1.40. The number of nitrogens with zero attached hydrogens (tertiary/aromatic N) is 4. The summed E-state index contributed by atoms with van der Waals surface area (Å²) >= 11 is 0. The zero-order chi connectivity index (χ0) is 26.9. The summed E-state index contributed by atoms with van der Waals surface area (Å²) in [6, 6.07) is 18.7. The second-order valence-electron chi connectivity index (χ2n) is 9.72. The normalized spacial score (nSPS) is 22.8. The predicted octanol–water partition coefficient (Wildman–Crippen LogP) is 4.04. The minimum absolute atomic E-state index is 0.148. The number of benzene rings is 2. The summed E-state index contributed by atoms with van der Waals surface area (Å²) in [5, 5.41) is 13.3. The van der Waals surface area contributed by atoms with Gasteiger partial charge in [-0.25, -0.2) is 14.8 Å². The fraction of sp³-hybridized carbons (Fsp3) is 0.321. The topological polar surface area (TPSA) is 109 Å². The van der Waals surface area contributed by atoms with Gasteiger partial charge in [0.25, 0.3) is 0 Å². The lowest BCUT2D eigenvalue weighted by Crippen LogP contribution is -2.63. The second kappa shape index (κ2) is 10.4. The number of guanidine groups is 1. The number of methoxy groups -OCH3 is 1. The molecule has 3 unspecified atom stereocenters. The van der Waals surface area contributed by atoms with Crippen molar-refractivity contribution in [2.45, 2.75) is 45.6 Å². The molecule has 0 spiro atoms. The molecule has 3 aromatic rings. The predicted molar refractivity (Wildman–Crippen MR) is 141 cm³/mol. The highest BCUT2D eigenvalue weighted by atomic mass is 16.6. The molecule has 38 heavy (non-hydrogen) atoms. The number of rotatable bonds is 7. The average Bonchev–Trinajstić information content (AvgIpc) is 3.29. The molecule has 10 nitrogen and oxygen atoms in total. The van der Waals surface area contributed by atoms with Crippen LogP contribution in [0.1, 0.15) is 23.6 Å². The van der Waals surface area contributed by atoms with Gasteiger partial charge in [0.05, 0.1) is 18.8 Å². The maximum absolute atomic E-state index is 13.1. The van der Waals surface area contributed by atoms with Crippen LogP contribution in [-0.2, 0) is 16.0 Å². The van der Waals surface area contributed by atoms with Crippen molar-refractivity contribution in [2.75, 3.05) is 13.7 Å². The Kier molecular flexibility index (Phi) is 7.02. The van der Waals surface area contributed by atoms with Gasteiger partial charge in [0.1, 0.15) is 11.4 Å². The molecule has 1 aromatic heterocycles. The van der Waals surface area contributed by atoms with Gasteiger partial charge in [-0.15, -0.1) is 0 Å². The third-order valence-corrected chi connectivity index (χ3v) is 6.54. The van der Waals surface area contributed by atoms with Crippen LogP contribution in [0.3, 0.4) is 0 Å². The number of aromatic nitrogens is 1. The van der Waals surface area contributed by atoms with Crippen LogP contribution >= 0.6 is 0 Å². The number of hydrogen-bond donors (Lipinski definition) is 2. The van der Waals surface area contributed by atoms with Crippen LogP contribution in [0.15, 0.2) is 71.9 Å². The number of aliphatic imine (C=N–C) groups is 1. The number of hydrogen-bond acceptors (Lipinski definition) is 7. The molecule has 2 fully saturated rings. The first-order valence-electron chi connectivity index (χ1n) is 12.3. The zero-order valence-corrected chi connectivity index (χ0v) is 21.8. The SMILES string of the molecule is COC(O)C1(C)CN2C(=O)NC(=Nc3ccc(Oc4ccc(C)cn4)cc3)N(Cc3ccc(C)cc3)C2O1. The standard InChI is InChI=1S/C28H31N5O5/c1-18-5-8-20(9-6-18)16-32-25(31-26(35)33-17-28(3,24(34)36-4)38-27(32)33)30-21-10-12-22(13-11-21)37-23-14-7-19(2)15-29-23/h5-15,24,27,34H,16-17H2,1-4H3,(H,30,31,35). The fourth-order valence-corrected chi connectivity index (χ4v) is 4.37. The molecule has 3 atom stereocenters. The quantitative estimate of drug-likeness (QED) is 0.455. The van der Waals surface area contributed by atoms with Crippen molar-refractivity contribution in [3.63, 3.8) is 0 Å². The lowest BCUT2D eigenvalue weighted by molar-refractivity contribution is -0.219. The van der Waals surface area contributed by atoms with Gasteiger partial charge in [-0.05, 0) is 56.2 Å². The van der Waals surface area contributed by atoms with Gasteiger partial charge in [0.15, 0.2) is 6.29 Å². The lowest BCUT2D eigenvalue weighted by Gasteiger charge is -2.40. The van der Waals surface area contributed by atoms with Crippen molar-refractivity contribution >= 4 is 17.7 Å². The number of aliphatic hydroxyl groups is 1. The molecule has 2 aromatic carbocycles. The first-order chi connectivity index (χ1) is 18.2. The summed E-state index contributed by atoms with van der Waals surface area (Å²) in [4.78, 5) is 25.5. The highest BCUT2D eigenvalue weighted by molar-refractivity contribution is 5.99. The van der Waals surface area contributed by atoms with Gasteiger partial charge >= 0.3 is 6.03 Å². The Morgan fingerprint density at radius 2 is 1.84 bits per heavy atom. The molecular weight excluding hydrogens is 486 g/mol. The number of ether oxygens (including phenoxy) is 3. The number of aliphatic hydroxyl groups excluding tert-OH is 1. The molecule has 0 aliphatic carbocycles. The van der Waals surface area contributed by atoms with E-state index in [0.717, 1.165) is 16.7 Å². The number of carbonyl (C=O) groups excluding carboxylic acids is 1. The van der Waals surface area contributed by atoms with Crippen LogP contribution in [0.25, 0.3) is 0 Å². The third-order valence-electron chi connectivity index (χ3n) is 6.54. The van der Waals surface area contributed by atoms with E-state index in [2.05, 4.69) is 10.3 Å². The maximum atomic E-state index is 13.1. The molecule has 2 saturated heterocycles. The minimum Gasteiger partial charge on any atom is -0.439 e. The zero-order valence-electron chi connectivity index (χ0n) is 21.8. The Labute approximate surface area is 221 Å². The number of nitrogens with one attached hydrogen (secondary N) is 1. The third kappa shape index (κ3) is 5.33. The number of carbonyl (C=O) groups is 1. The monoisotopic (exact) mass is 517 g/mol. The summed E-state index contributed by atoms with van der Waals surface area (Å²) in [5.41, 5.74) is 2.71. The minimum atomic E-state index is -1.21. The number of fused-ring (bicyclic) bond motifs is 1. The van der Waals surface area contributed by atoms with Gasteiger partial charge in [-0.2, -0.15) is 0 Å².